The van der Waals surface area contributed by atoms with E-state index in [-0.39, 0.29) is 35.8 Å². The summed E-state index contributed by atoms with van der Waals surface area (Å²) in [5.41, 5.74) is 1.79. The van der Waals surface area contributed by atoms with Gasteiger partial charge in [0.25, 0.3) is 5.92 Å². The van der Waals surface area contributed by atoms with Crippen molar-refractivity contribution in [2.24, 2.45) is 0 Å². The molecule has 5 heterocycles. The molecule has 2 N–H and O–H groups in total. The molecule has 1 aliphatic heterocycles. The number of hydrogen-bond acceptors (Lipinski definition) is 9. The number of nitrogens with zero attached hydrogens (tertiary/aromatic N) is 8. The van der Waals surface area contributed by atoms with E-state index in [4.69, 9.17) is 0 Å². The second kappa shape index (κ2) is 9.09. The predicted molar refractivity (Wildman–Crippen MR) is 130 cm³/mol. The van der Waals surface area contributed by atoms with Crippen LogP contribution in [0.2, 0.25) is 0 Å². The topological polar surface area (TPSA) is 135 Å². The molecule has 1 atom stereocenters. The lowest BCUT2D eigenvalue weighted by Crippen LogP contribution is -2.55. The van der Waals surface area contributed by atoms with E-state index in [2.05, 4.69) is 36.0 Å². The third kappa shape index (κ3) is 4.54. The van der Waals surface area contributed by atoms with E-state index in [1.54, 1.807) is 23.9 Å². The number of sulfonamides is 1. The normalized spacial score (nSPS) is 18.5. The first-order valence-electron chi connectivity index (χ1n) is 11.6. The first kappa shape index (κ1) is 25.1. The lowest BCUT2D eigenvalue weighted by atomic mass is 10.0. The van der Waals surface area contributed by atoms with Crippen LogP contribution in [0.4, 0.5) is 24.9 Å². The molecule has 1 saturated heterocycles. The number of nitrogens with one attached hydrogen (secondary N) is 2. The number of piperidine rings is 1. The van der Waals surface area contributed by atoms with Gasteiger partial charge in [-0.25, -0.2) is 35.8 Å². The number of aromatic nitrogens is 7. The van der Waals surface area contributed by atoms with Gasteiger partial charge in [0.1, 0.15) is 11.0 Å². The Morgan fingerprint density at radius 2 is 2.03 bits per heavy atom. The molecule has 198 valence electrons. The standard InChI is InChI=1S/C21H25F3N10O2S/c1-4-8-33-19-14(29-31-33)6-5-13(26-19)16-12(22)10-34-17(16)18(25-2)28-20(30-34)27-15-7-9-32(37(3,35)36)11-21(15,23)24/h5-6,10,15H,4,7-9,11H2,1-3H3,(H2,25,27,28,30)/t15-/m1/s1. The average molecular weight is 539 g/mol. The molecule has 0 spiro atoms. The Morgan fingerprint density at radius 3 is 2.70 bits per heavy atom. The summed E-state index contributed by atoms with van der Waals surface area (Å²) in [5, 5.41) is 17.9. The molecule has 37 heavy (non-hydrogen) atoms. The molecule has 4 aromatic rings. The Labute approximate surface area is 209 Å². The van der Waals surface area contributed by atoms with E-state index in [0.717, 1.165) is 23.2 Å². The molecule has 0 amide bonds. The van der Waals surface area contributed by atoms with E-state index in [1.807, 2.05) is 6.92 Å². The van der Waals surface area contributed by atoms with Crippen molar-refractivity contribution in [2.75, 3.05) is 37.0 Å². The van der Waals surface area contributed by atoms with Gasteiger partial charge >= 0.3 is 0 Å². The Balaban J connectivity index is 1.52. The lowest BCUT2D eigenvalue weighted by Gasteiger charge is -2.37. The number of alkyl halides is 2. The second-order valence-corrected chi connectivity index (χ2v) is 10.9. The molecule has 12 nitrogen and oxygen atoms in total. The Bertz CT molecular complexity index is 1590. The SMILES string of the molecule is CCCn1nnc2ccc(-c3c(F)cn4nc(N[C@@H]5CCN(S(C)(=O)=O)CC5(F)F)nc(NC)c34)nc21. The molecule has 16 heteroatoms. The molecule has 4 aromatic heterocycles. The van der Waals surface area contributed by atoms with Gasteiger partial charge in [-0.1, -0.05) is 12.1 Å². The molecular formula is C21H25F3N10O2S. The maximum absolute atomic E-state index is 15.3. The molecule has 5 rings (SSSR count). The molecule has 1 fully saturated rings. The minimum atomic E-state index is -3.75. The van der Waals surface area contributed by atoms with Crippen LogP contribution in [-0.2, 0) is 16.6 Å². The van der Waals surface area contributed by atoms with Crippen molar-refractivity contribution in [3.63, 3.8) is 0 Å². The minimum absolute atomic E-state index is 0.0763. The van der Waals surface area contributed by atoms with Gasteiger partial charge in [-0.05, 0) is 25.0 Å². The summed E-state index contributed by atoms with van der Waals surface area (Å²) >= 11 is 0. The van der Waals surface area contributed by atoms with Gasteiger partial charge in [0.05, 0.1) is 36.3 Å². The van der Waals surface area contributed by atoms with Gasteiger partial charge < -0.3 is 10.6 Å². The molecule has 0 radical (unpaired) electrons. The Hall–Kier alpha value is -3.53. The Morgan fingerprint density at radius 1 is 1.24 bits per heavy atom. The summed E-state index contributed by atoms with van der Waals surface area (Å²) in [4.78, 5) is 8.88. The van der Waals surface area contributed by atoms with Gasteiger partial charge in [0, 0.05) is 20.1 Å². The molecule has 0 aromatic carbocycles. The number of halogens is 3. The van der Waals surface area contributed by atoms with Crippen LogP contribution in [0.5, 0.6) is 0 Å². The van der Waals surface area contributed by atoms with Crippen LogP contribution in [0.3, 0.4) is 0 Å². The van der Waals surface area contributed by atoms with E-state index >= 15 is 4.39 Å². The second-order valence-electron chi connectivity index (χ2n) is 8.87. The van der Waals surface area contributed by atoms with Gasteiger partial charge in [0.2, 0.25) is 16.0 Å². The highest BCUT2D eigenvalue weighted by atomic mass is 32.2. The maximum Gasteiger partial charge on any atom is 0.281 e. The highest BCUT2D eigenvalue weighted by molar-refractivity contribution is 7.88. The molecule has 1 aliphatic rings. The molecular weight excluding hydrogens is 513 g/mol. The zero-order valence-electron chi connectivity index (χ0n) is 20.3. The number of pyridine rings is 1. The zero-order valence-corrected chi connectivity index (χ0v) is 21.1. The summed E-state index contributed by atoms with van der Waals surface area (Å²) in [5.74, 6) is -3.97. The van der Waals surface area contributed by atoms with Crippen molar-refractivity contribution in [3.8, 4) is 11.3 Å². The maximum atomic E-state index is 15.3. The van der Waals surface area contributed by atoms with E-state index in [0.29, 0.717) is 23.4 Å². The smallest absolute Gasteiger partial charge is 0.281 e. The van der Waals surface area contributed by atoms with Crippen LogP contribution in [0.25, 0.3) is 27.9 Å². The van der Waals surface area contributed by atoms with Crippen LogP contribution >= 0.6 is 0 Å². The van der Waals surface area contributed by atoms with Crippen molar-refractivity contribution in [3.05, 3.63) is 24.1 Å². The fraction of sp³-hybridized carbons (Fsp3) is 0.476. The summed E-state index contributed by atoms with van der Waals surface area (Å²) in [6.07, 6.45) is 2.67. The van der Waals surface area contributed by atoms with Crippen molar-refractivity contribution >= 4 is 38.5 Å². The number of hydrogen-bond donors (Lipinski definition) is 2. The Kier molecular flexibility index (Phi) is 6.18. The molecule has 0 bridgehead atoms. The van der Waals surface area contributed by atoms with Crippen molar-refractivity contribution in [2.45, 2.75) is 38.3 Å². The molecule has 0 saturated carbocycles. The van der Waals surface area contributed by atoms with Crippen molar-refractivity contribution in [1.82, 2.24) is 38.9 Å². The van der Waals surface area contributed by atoms with E-state index in [9.17, 15) is 17.2 Å². The van der Waals surface area contributed by atoms with Crippen LogP contribution in [0.15, 0.2) is 18.3 Å². The quantitative estimate of drug-likeness (QED) is 0.363. The van der Waals surface area contributed by atoms with Gasteiger partial charge in [-0.3, -0.25) is 0 Å². The third-order valence-corrected chi connectivity index (χ3v) is 7.46. The summed E-state index contributed by atoms with van der Waals surface area (Å²) in [7, 11) is -2.19. The fourth-order valence-electron chi connectivity index (χ4n) is 4.41. The van der Waals surface area contributed by atoms with Crippen molar-refractivity contribution < 1.29 is 21.6 Å². The predicted octanol–water partition coefficient (Wildman–Crippen LogP) is 2.21. The lowest BCUT2D eigenvalue weighted by molar-refractivity contribution is -0.0541. The largest absolute Gasteiger partial charge is 0.371 e. The fourth-order valence-corrected chi connectivity index (χ4v) is 5.26. The first-order chi connectivity index (χ1) is 17.5. The number of anilines is 2. The van der Waals surface area contributed by atoms with E-state index in [1.165, 1.54) is 4.52 Å². The van der Waals surface area contributed by atoms with Crippen LogP contribution in [0, 0.1) is 5.82 Å². The van der Waals surface area contributed by atoms with Gasteiger partial charge in [-0.2, -0.15) is 9.29 Å². The van der Waals surface area contributed by atoms with Crippen LogP contribution in [0.1, 0.15) is 19.8 Å². The molecule has 0 unspecified atom stereocenters. The molecule has 0 aliphatic carbocycles. The highest BCUT2D eigenvalue weighted by Crippen LogP contribution is 2.34. The van der Waals surface area contributed by atoms with Gasteiger partial charge in [0.15, 0.2) is 17.3 Å². The first-order valence-corrected chi connectivity index (χ1v) is 13.4. The van der Waals surface area contributed by atoms with Crippen LogP contribution in [-0.4, -0.2) is 85.7 Å². The number of rotatable bonds is 7. The monoisotopic (exact) mass is 538 g/mol. The third-order valence-electron chi connectivity index (χ3n) is 6.21. The zero-order chi connectivity index (χ0) is 26.5. The summed E-state index contributed by atoms with van der Waals surface area (Å²) in [6.45, 7) is 1.56. The summed E-state index contributed by atoms with van der Waals surface area (Å²) < 4.78 is 71.8. The minimum Gasteiger partial charge on any atom is -0.371 e. The van der Waals surface area contributed by atoms with Crippen molar-refractivity contribution in [1.29, 1.82) is 0 Å². The van der Waals surface area contributed by atoms with E-state index < -0.39 is 34.3 Å². The summed E-state index contributed by atoms with van der Waals surface area (Å²) in [6, 6.07) is 1.90. The number of aryl methyl sites for hydroxylation is 1. The number of fused-ring (bicyclic) bond motifs is 2. The highest BCUT2D eigenvalue weighted by Gasteiger charge is 2.47. The van der Waals surface area contributed by atoms with Gasteiger partial charge in [-0.15, -0.1) is 10.2 Å². The average Bonchev–Trinajstić information content (AvgIpc) is 3.38. The van der Waals surface area contributed by atoms with Crippen LogP contribution < -0.4 is 10.6 Å².